The predicted octanol–water partition coefficient (Wildman–Crippen LogP) is 3.13. The highest BCUT2D eigenvalue weighted by atomic mass is 32.1. The van der Waals surface area contributed by atoms with Crippen LogP contribution in [0.25, 0.3) is 0 Å². The molecule has 7 heteroatoms. The highest BCUT2D eigenvalue weighted by Crippen LogP contribution is 2.15. The number of ether oxygens (including phenoxy) is 1. The van der Waals surface area contributed by atoms with Crippen molar-refractivity contribution in [1.82, 2.24) is 16.2 Å². The van der Waals surface area contributed by atoms with Crippen molar-refractivity contribution in [1.29, 1.82) is 0 Å². The molecule has 3 N–H and O–H groups in total. The Balaban J connectivity index is 1.77. The van der Waals surface area contributed by atoms with E-state index in [2.05, 4.69) is 16.2 Å². The molecule has 0 aliphatic carbocycles. The summed E-state index contributed by atoms with van der Waals surface area (Å²) in [4.78, 5) is 24.2. The maximum absolute atomic E-state index is 12.3. The number of amides is 2. The van der Waals surface area contributed by atoms with Crippen LogP contribution >= 0.6 is 12.2 Å². The number of carbonyl (C=O) groups is 2. The summed E-state index contributed by atoms with van der Waals surface area (Å²) in [7, 11) is 0. The molecule has 0 bridgehead atoms. The molecule has 1 atom stereocenters. The summed E-state index contributed by atoms with van der Waals surface area (Å²) in [6, 6.07) is 16.6. The van der Waals surface area contributed by atoms with Gasteiger partial charge in [0.1, 0.15) is 5.75 Å². The molecule has 0 saturated heterocycles. The fourth-order valence-corrected chi connectivity index (χ4v) is 2.47. The Kier molecular flexibility index (Phi) is 8.42. The summed E-state index contributed by atoms with van der Waals surface area (Å²) in [6.07, 6.45) is 1.86. The van der Waals surface area contributed by atoms with Crippen LogP contribution in [0.3, 0.4) is 0 Å². The van der Waals surface area contributed by atoms with Crippen molar-refractivity contribution in [2.24, 2.45) is 0 Å². The van der Waals surface area contributed by atoms with E-state index in [9.17, 15) is 9.59 Å². The number of nitrogens with one attached hydrogen (secondary N) is 3. The molecule has 0 aliphatic rings. The lowest BCUT2D eigenvalue weighted by Crippen LogP contribution is -2.48. The standard InChI is InChI=1S/C21H25N3O3S/c1-3-15(2)27-18-11-7-10-17(14-18)20(26)22-21(28)24-23-19(25)13-12-16-8-5-4-6-9-16/h4-11,14-15H,3,12-13H2,1-2H3,(H,23,25)(H2,22,24,26,28). The first kappa shape index (κ1) is 21.4. The van der Waals surface area contributed by atoms with Crippen LogP contribution in [0.4, 0.5) is 0 Å². The number of thiocarbonyl (C=S) groups is 1. The van der Waals surface area contributed by atoms with Gasteiger partial charge in [-0.25, -0.2) is 0 Å². The Morgan fingerprint density at radius 3 is 2.54 bits per heavy atom. The predicted molar refractivity (Wildman–Crippen MR) is 113 cm³/mol. The van der Waals surface area contributed by atoms with Crippen LogP contribution in [-0.4, -0.2) is 23.0 Å². The largest absolute Gasteiger partial charge is 0.491 e. The monoisotopic (exact) mass is 399 g/mol. The smallest absolute Gasteiger partial charge is 0.257 e. The molecular formula is C21H25N3O3S. The fraction of sp³-hybridized carbons (Fsp3) is 0.286. The number of hydrazine groups is 1. The van der Waals surface area contributed by atoms with E-state index in [0.717, 1.165) is 12.0 Å². The number of benzene rings is 2. The van der Waals surface area contributed by atoms with Gasteiger partial charge in [0.25, 0.3) is 5.91 Å². The Morgan fingerprint density at radius 1 is 1.07 bits per heavy atom. The fourth-order valence-electron chi connectivity index (χ4n) is 2.32. The first-order valence-electron chi connectivity index (χ1n) is 9.18. The van der Waals surface area contributed by atoms with E-state index in [4.69, 9.17) is 17.0 Å². The van der Waals surface area contributed by atoms with Crippen LogP contribution in [-0.2, 0) is 11.2 Å². The van der Waals surface area contributed by atoms with E-state index >= 15 is 0 Å². The molecule has 2 amide bonds. The van der Waals surface area contributed by atoms with Gasteiger partial charge >= 0.3 is 0 Å². The van der Waals surface area contributed by atoms with Crippen LogP contribution in [0.15, 0.2) is 54.6 Å². The van der Waals surface area contributed by atoms with E-state index in [1.807, 2.05) is 44.2 Å². The van der Waals surface area contributed by atoms with Crippen LogP contribution in [0, 0.1) is 0 Å². The molecule has 148 valence electrons. The van der Waals surface area contributed by atoms with Crippen molar-refractivity contribution in [3.63, 3.8) is 0 Å². The molecule has 2 aromatic rings. The highest BCUT2D eigenvalue weighted by Gasteiger charge is 2.10. The first-order chi connectivity index (χ1) is 13.5. The molecule has 6 nitrogen and oxygen atoms in total. The lowest BCUT2D eigenvalue weighted by molar-refractivity contribution is -0.121. The summed E-state index contributed by atoms with van der Waals surface area (Å²) < 4.78 is 5.72. The Hall–Kier alpha value is -2.93. The highest BCUT2D eigenvalue weighted by molar-refractivity contribution is 7.80. The third-order valence-corrected chi connectivity index (χ3v) is 4.24. The molecule has 0 saturated carbocycles. The van der Waals surface area contributed by atoms with E-state index in [1.54, 1.807) is 24.3 Å². The second kappa shape index (κ2) is 11.0. The lowest BCUT2D eigenvalue weighted by atomic mass is 10.1. The second-order valence-corrected chi connectivity index (χ2v) is 6.71. The molecule has 1 unspecified atom stereocenters. The zero-order valence-corrected chi connectivity index (χ0v) is 16.8. The summed E-state index contributed by atoms with van der Waals surface area (Å²) in [5, 5.41) is 2.55. The Labute approximate surface area is 170 Å². The van der Waals surface area contributed by atoms with Crippen molar-refractivity contribution in [3.8, 4) is 5.75 Å². The third-order valence-electron chi connectivity index (χ3n) is 4.03. The van der Waals surface area contributed by atoms with Gasteiger partial charge in [0.15, 0.2) is 5.11 Å². The van der Waals surface area contributed by atoms with Crippen LogP contribution in [0.2, 0.25) is 0 Å². The van der Waals surface area contributed by atoms with Crippen LogP contribution in [0.5, 0.6) is 5.75 Å². The van der Waals surface area contributed by atoms with Crippen LogP contribution < -0.4 is 20.9 Å². The normalized spacial score (nSPS) is 11.2. The summed E-state index contributed by atoms with van der Waals surface area (Å²) in [5.74, 6) is 0.0186. The quantitative estimate of drug-likeness (QED) is 0.492. The van der Waals surface area contributed by atoms with Gasteiger partial charge in [0.2, 0.25) is 5.91 Å². The minimum Gasteiger partial charge on any atom is -0.491 e. The molecule has 2 aromatic carbocycles. The number of carbonyl (C=O) groups excluding carboxylic acids is 2. The molecule has 0 spiro atoms. The summed E-state index contributed by atoms with van der Waals surface area (Å²) in [6.45, 7) is 3.99. The van der Waals surface area contributed by atoms with Gasteiger partial charge in [0, 0.05) is 12.0 Å². The molecule has 28 heavy (non-hydrogen) atoms. The van der Waals surface area contributed by atoms with Gasteiger partial charge in [-0.05, 0) is 55.7 Å². The van der Waals surface area contributed by atoms with Gasteiger partial charge in [-0.15, -0.1) is 0 Å². The van der Waals surface area contributed by atoms with Gasteiger partial charge in [0.05, 0.1) is 6.10 Å². The summed E-state index contributed by atoms with van der Waals surface area (Å²) >= 11 is 5.06. The minimum atomic E-state index is -0.384. The van der Waals surface area contributed by atoms with E-state index in [-0.39, 0.29) is 23.0 Å². The third kappa shape index (κ3) is 7.36. The lowest BCUT2D eigenvalue weighted by Gasteiger charge is -2.14. The maximum Gasteiger partial charge on any atom is 0.257 e. The van der Waals surface area contributed by atoms with Crippen molar-refractivity contribution >= 4 is 29.1 Å². The van der Waals surface area contributed by atoms with E-state index < -0.39 is 0 Å². The van der Waals surface area contributed by atoms with Crippen LogP contribution in [0.1, 0.15) is 42.6 Å². The van der Waals surface area contributed by atoms with Crippen molar-refractivity contribution in [3.05, 3.63) is 65.7 Å². The molecule has 0 aliphatic heterocycles. The van der Waals surface area contributed by atoms with Crippen molar-refractivity contribution < 1.29 is 14.3 Å². The van der Waals surface area contributed by atoms with Crippen molar-refractivity contribution in [2.75, 3.05) is 0 Å². The topological polar surface area (TPSA) is 79.5 Å². The van der Waals surface area contributed by atoms with Crippen molar-refractivity contribution in [2.45, 2.75) is 39.2 Å². The number of hydrogen-bond donors (Lipinski definition) is 3. The summed E-state index contributed by atoms with van der Waals surface area (Å²) in [5.41, 5.74) is 6.52. The zero-order chi connectivity index (χ0) is 20.4. The Morgan fingerprint density at radius 2 is 1.82 bits per heavy atom. The first-order valence-corrected chi connectivity index (χ1v) is 9.59. The second-order valence-electron chi connectivity index (χ2n) is 6.31. The average molecular weight is 400 g/mol. The molecular weight excluding hydrogens is 374 g/mol. The average Bonchev–Trinajstić information content (AvgIpc) is 2.71. The van der Waals surface area contributed by atoms with Gasteiger partial charge in [-0.2, -0.15) is 0 Å². The number of aryl methyl sites for hydroxylation is 1. The number of hydrogen-bond acceptors (Lipinski definition) is 4. The Bertz CT molecular complexity index is 812. The molecule has 0 fully saturated rings. The van der Waals surface area contributed by atoms with Gasteiger partial charge in [-0.1, -0.05) is 43.3 Å². The molecule has 0 heterocycles. The van der Waals surface area contributed by atoms with E-state index in [1.165, 1.54) is 0 Å². The number of rotatable bonds is 7. The van der Waals surface area contributed by atoms with Gasteiger partial charge < -0.3 is 4.74 Å². The SMILES string of the molecule is CCC(C)Oc1cccc(C(=O)NC(=S)NNC(=O)CCc2ccccc2)c1. The van der Waals surface area contributed by atoms with E-state index in [0.29, 0.717) is 24.2 Å². The molecule has 2 rings (SSSR count). The molecule has 0 radical (unpaired) electrons. The zero-order valence-electron chi connectivity index (χ0n) is 16.0. The molecule has 0 aromatic heterocycles. The van der Waals surface area contributed by atoms with Gasteiger partial charge in [-0.3, -0.25) is 25.8 Å². The minimum absolute atomic E-state index is 0.0197. The maximum atomic E-state index is 12.3.